The van der Waals surface area contributed by atoms with Crippen molar-refractivity contribution in [3.63, 3.8) is 0 Å². The Morgan fingerprint density at radius 2 is 1.92 bits per heavy atom. The molecule has 2 unspecified atom stereocenters. The summed E-state index contributed by atoms with van der Waals surface area (Å²) in [6.07, 6.45) is 5.69. The molecule has 2 rings (SSSR count). The fraction of sp³-hybridized carbons (Fsp3) is 1.00. The van der Waals surface area contributed by atoms with Crippen LogP contribution < -0.4 is 5.32 Å². The topological polar surface area (TPSA) is 12.0 Å². The van der Waals surface area contributed by atoms with Gasteiger partial charge in [-0.2, -0.15) is 0 Å². The molecule has 2 atom stereocenters. The summed E-state index contributed by atoms with van der Waals surface area (Å²) in [6.45, 7) is 7.02. The normalized spacial score (nSPS) is 43.4. The van der Waals surface area contributed by atoms with Gasteiger partial charge in [-0.1, -0.05) is 27.2 Å². The van der Waals surface area contributed by atoms with Crippen LogP contribution in [-0.2, 0) is 0 Å². The molecule has 1 N–H and O–H groups in total. The van der Waals surface area contributed by atoms with Crippen LogP contribution in [0.2, 0.25) is 0 Å². The van der Waals surface area contributed by atoms with E-state index in [2.05, 4.69) is 26.1 Å². The molecule has 2 aliphatic rings. The molecule has 0 aromatic rings. The van der Waals surface area contributed by atoms with Crippen LogP contribution in [0.4, 0.5) is 0 Å². The van der Waals surface area contributed by atoms with Crippen LogP contribution in [0.25, 0.3) is 0 Å². The highest BCUT2D eigenvalue weighted by Crippen LogP contribution is 2.39. The third-order valence-corrected chi connectivity index (χ3v) is 4.01. The summed E-state index contributed by atoms with van der Waals surface area (Å²) in [6, 6.07) is 1.76. The van der Waals surface area contributed by atoms with Crippen LogP contribution in [0.5, 0.6) is 0 Å². The number of hydrogen-bond acceptors (Lipinski definition) is 1. The van der Waals surface area contributed by atoms with Gasteiger partial charge in [0.15, 0.2) is 0 Å². The van der Waals surface area contributed by atoms with E-state index in [9.17, 15) is 0 Å². The molecule has 2 saturated carbocycles. The summed E-state index contributed by atoms with van der Waals surface area (Å²) in [4.78, 5) is 0. The lowest BCUT2D eigenvalue weighted by molar-refractivity contribution is 0.166. The van der Waals surface area contributed by atoms with Gasteiger partial charge in [0.05, 0.1) is 0 Å². The maximum Gasteiger partial charge on any atom is 0.0102 e. The van der Waals surface area contributed by atoms with E-state index in [1.54, 1.807) is 0 Å². The largest absolute Gasteiger partial charge is 0.311 e. The third-order valence-electron chi connectivity index (χ3n) is 4.01. The van der Waals surface area contributed by atoms with E-state index >= 15 is 0 Å². The molecule has 2 fully saturated rings. The molecular formula is C12H23N. The molecule has 0 aliphatic heterocycles. The molecule has 0 radical (unpaired) electrons. The molecule has 0 aromatic heterocycles. The van der Waals surface area contributed by atoms with Crippen molar-refractivity contribution < 1.29 is 0 Å². The Labute approximate surface area is 82.3 Å². The zero-order chi connectivity index (χ0) is 9.42. The van der Waals surface area contributed by atoms with Gasteiger partial charge >= 0.3 is 0 Å². The van der Waals surface area contributed by atoms with E-state index in [4.69, 9.17) is 0 Å². The minimum Gasteiger partial charge on any atom is -0.311 e. The van der Waals surface area contributed by atoms with Crippen molar-refractivity contribution in [2.24, 2.45) is 17.8 Å². The molecular weight excluding hydrogens is 158 g/mol. The van der Waals surface area contributed by atoms with E-state index in [0.29, 0.717) is 0 Å². The summed E-state index contributed by atoms with van der Waals surface area (Å²) in [5.74, 6) is 2.92. The van der Waals surface area contributed by atoms with E-state index in [1.807, 2.05) is 0 Å². The standard InChI is InChI=1S/C12H23N/c1-4-9-7-12(9)13-11-5-10(6-11)8(2)3/h8-13H,4-7H2,1-3H3. The number of rotatable bonds is 4. The SMILES string of the molecule is CCC1CC1NC1CC(C(C)C)C1. The first kappa shape index (κ1) is 9.51. The fourth-order valence-electron chi connectivity index (χ4n) is 2.55. The molecule has 1 nitrogen and oxygen atoms in total. The van der Waals surface area contributed by atoms with Gasteiger partial charge in [-0.05, 0) is 37.0 Å². The first-order valence-electron chi connectivity index (χ1n) is 5.96. The number of nitrogens with one attached hydrogen (secondary N) is 1. The van der Waals surface area contributed by atoms with Crippen LogP contribution in [0.1, 0.15) is 46.5 Å². The van der Waals surface area contributed by atoms with Gasteiger partial charge in [0, 0.05) is 12.1 Å². The average molecular weight is 181 g/mol. The highest BCUT2D eigenvalue weighted by Gasteiger charge is 2.40. The second-order valence-electron chi connectivity index (χ2n) is 5.35. The van der Waals surface area contributed by atoms with Gasteiger partial charge in [-0.15, -0.1) is 0 Å². The van der Waals surface area contributed by atoms with Crippen molar-refractivity contribution in [2.75, 3.05) is 0 Å². The monoisotopic (exact) mass is 181 g/mol. The van der Waals surface area contributed by atoms with Crippen molar-refractivity contribution in [1.82, 2.24) is 5.32 Å². The summed E-state index contributed by atoms with van der Waals surface area (Å²) >= 11 is 0. The van der Waals surface area contributed by atoms with Crippen LogP contribution in [0, 0.1) is 17.8 Å². The van der Waals surface area contributed by atoms with Crippen molar-refractivity contribution in [3.05, 3.63) is 0 Å². The van der Waals surface area contributed by atoms with Gasteiger partial charge in [0.25, 0.3) is 0 Å². The van der Waals surface area contributed by atoms with Crippen LogP contribution >= 0.6 is 0 Å². The lowest BCUT2D eigenvalue weighted by Gasteiger charge is -2.39. The van der Waals surface area contributed by atoms with Gasteiger partial charge < -0.3 is 5.32 Å². The Morgan fingerprint density at radius 1 is 1.23 bits per heavy atom. The highest BCUT2D eigenvalue weighted by molar-refractivity contribution is 4.97. The van der Waals surface area contributed by atoms with Crippen LogP contribution in [-0.4, -0.2) is 12.1 Å². The maximum absolute atomic E-state index is 3.78. The quantitative estimate of drug-likeness (QED) is 0.703. The maximum atomic E-state index is 3.78. The van der Waals surface area contributed by atoms with Crippen LogP contribution in [0.3, 0.4) is 0 Å². The summed E-state index contributed by atoms with van der Waals surface area (Å²) in [5, 5.41) is 3.78. The molecule has 0 spiro atoms. The second kappa shape index (κ2) is 3.61. The Balaban J connectivity index is 1.60. The van der Waals surface area contributed by atoms with Gasteiger partial charge in [-0.3, -0.25) is 0 Å². The van der Waals surface area contributed by atoms with Gasteiger partial charge in [0.1, 0.15) is 0 Å². The predicted molar refractivity (Wildman–Crippen MR) is 56.7 cm³/mol. The van der Waals surface area contributed by atoms with E-state index < -0.39 is 0 Å². The van der Waals surface area contributed by atoms with Crippen molar-refractivity contribution >= 4 is 0 Å². The molecule has 13 heavy (non-hydrogen) atoms. The van der Waals surface area contributed by atoms with E-state index in [1.165, 1.54) is 25.7 Å². The predicted octanol–water partition coefficient (Wildman–Crippen LogP) is 2.81. The van der Waals surface area contributed by atoms with Crippen LogP contribution in [0.15, 0.2) is 0 Å². The Bertz CT molecular complexity index is 170. The van der Waals surface area contributed by atoms with Gasteiger partial charge in [-0.25, -0.2) is 0 Å². The summed E-state index contributed by atoms with van der Waals surface area (Å²) in [7, 11) is 0. The van der Waals surface area contributed by atoms with Crippen molar-refractivity contribution in [2.45, 2.75) is 58.5 Å². The molecule has 2 aliphatic carbocycles. The summed E-state index contributed by atoms with van der Waals surface area (Å²) in [5.41, 5.74) is 0. The van der Waals surface area contributed by atoms with E-state index in [0.717, 1.165) is 29.8 Å². The number of hydrogen-bond donors (Lipinski definition) is 1. The average Bonchev–Trinajstić information content (AvgIpc) is 2.73. The zero-order valence-corrected chi connectivity index (χ0v) is 9.22. The minimum absolute atomic E-state index is 0.869. The Hall–Kier alpha value is -0.0400. The third kappa shape index (κ3) is 2.07. The molecule has 76 valence electrons. The lowest BCUT2D eigenvalue weighted by Crippen LogP contribution is -2.44. The smallest absolute Gasteiger partial charge is 0.0102 e. The Kier molecular flexibility index (Phi) is 2.64. The molecule has 0 amide bonds. The minimum atomic E-state index is 0.869. The zero-order valence-electron chi connectivity index (χ0n) is 9.22. The fourth-order valence-corrected chi connectivity index (χ4v) is 2.55. The first-order chi connectivity index (χ1) is 6.20. The first-order valence-corrected chi connectivity index (χ1v) is 5.96. The van der Waals surface area contributed by atoms with Gasteiger partial charge in [0.2, 0.25) is 0 Å². The second-order valence-corrected chi connectivity index (χ2v) is 5.35. The summed E-state index contributed by atoms with van der Waals surface area (Å²) < 4.78 is 0. The van der Waals surface area contributed by atoms with Crippen molar-refractivity contribution in [3.8, 4) is 0 Å². The molecule has 0 saturated heterocycles. The lowest BCUT2D eigenvalue weighted by atomic mass is 9.73. The van der Waals surface area contributed by atoms with Crippen molar-refractivity contribution in [1.29, 1.82) is 0 Å². The molecule has 1 heteroatoms. The molecule has 0 heterocycles. The van der Waals surface area contributed by atoms with E-state index in [-0.39, 0.29) is 0 Å². The molecule has 0 aromatic carbocycles. The highest BCUT2D eigenvalue weighted by atomic mass is 15.0. The molecule has 0 bridgehead atoms. The Morgan fingerprint density at radius 3 is 2.38 bits per heavy atom.